The molecule has 0 saturated heterocycles. The Bertz CT molecular complexity index is 411. The highest BCUT2D eigenvalue weighted by Gasteiger charge is 2.23. The van der Waals surface area contributed by atoms with Gasteiger partial charge in [0.2, 0.25) is 0 Å². The Hall–Kier alpha value is -0.180. The third-order valence-electron chi connectivity index (χ3n) is 2.68. The Morgan fingerprint density at radius 2 is 1.47 bits per heavy atom. The van der Waals surface area contributed by atoms with Gasteiger partial charge in [0, 0.05) is 0 Å². The van der Waals surface area contributed by atoms with Crippen molar-refractivity contribution in [3.8, 4) is 0 Å². The van der Waals surface area contributed by atoms with Crippen molar-refractivity contribution in [2.45, 2.75) is 56.5 Å². The van der Waals surface area contributed by atoms with Crippen molar-refractivity contribution in [2.75, 3.05) is 0 Å². The van der Waals surface area contributed by atoms with Gasteiger partial charge in [-0.3, -0.25) is 9.11 Å². The maximum Gasteiger partial charge on any atom is 0.267 e. The van der Waals surface area contributed by atoms with Crippen LogP contribution < -0.4 is 0 Å². The van der Waals surface area contributed by atoms with E-state index in [0.717, 1.165) is 0 Å². The molecule has 0 aromatic rings. The lowest BCUT2D eigenvalue weighted by atomic mass is 10.1. The van der Waals surface area contributed by atoms with E-state index in [4.69, 9.17) is 9.11 Å². The van der Waals surface area contributed by atoms with E-state index < -0.39 is 30.7 Å². The van der Waals surface area contributed by atoms with Gasteiger partial charge in [0.25, 0.3) is 20.2 Å². The average molecular weight is 288 g/mol. The monoisotopic (exact) mass is 288 g/mol. The highest BCUT2D eigenvalue weighted by atomic mass is 32.2. The summed E-state index contributed by atoms with van der Waals surface area (Å²) in [5, 5.41) is -1.76. The van der Waals surface area contributed by atoms with Crippen molar-refractivity contribution >= 4 is 20.2 Å². The first kappa shape index (κ1) is 16.8. The summed E-state index contributed by atoms with van der Waals surface area (Å²) in [4.78, 5) is 0. The van der Waals surface area contributed by atoms with E-state index in [1.54, 1.807) is 6.92 Å². The summed E-state index contributed by atoms with van der Waals surface area (Å²) in [6.07, 6.45) is 1.67. The molecule has 8 heteroatoms. The van der Waals surface area contributed by atoms with E-state index in [-0.39, 0.29) is 12.8 Å². The van der Waals surface area contributed by atoms with E-state index in [1.807, 2.05) is 0 Å². The first-order chi connectivity index (χ1) is 7.59. The number of hydrogen-bond acceptors (Lipinski definition) is 4. The summed E-state index contributed by atoms with van der Waals surface area (Å²) >= 11 is 0. The fraction of sp³-hybridized carbons (Fsp3) is 1.00. The molecule has 0 rings (SSSR count). The summed E-state index contributed by atoms with van der Waals surface area (Å²) in [5.74, 6) is 0. The molecule has 0 aromatic heterocycles. The second-order valence-electron chi connectivity index (χ2n) is 4.18. The van der Waals surface area contributed by atoms with E-state index >= 15 is 0 Å². The molecule has 0 amide bonds. The molecule has 0 fully saturated rings. The molecule has 104 valence electrons. The van der Waals surface area contributed by atoms with Crippen LogP contribution in [0.1, 0.15) is 46.0 Å². The second kappa shape index (κ2) is 6.67. The predicted octanol–water partition coefficient (Wildman–Crippen LogP) is 1.49. The molecular weight excluding hydrogens is 268 g/mol. The zero-order valence-electron chi connectivity index (χ0n) is 10.0. The third kappa shape index (κ3) is 6.97. The molecule has 2 unspecified atom stereocenters. The van der Waals surface area contributed by atoms with Crippen molar-refractivity contribution in [3.05, 3.63) is 0 Å². The smallest absolute Gasteiger partial charge is 0.267 e. The highest BCUT2D eigenvalue weighted by Crippen LogP contribution is 2.17. The molecule has 2 N–H and O–H groups in total. The van der Waals surface area contributed by atoms with Gasteiger partial charge in [-0.25, -0.2) is 0 Å². The van der Waals surface area contributed by atoms with Gasteiger partial charge in [-0.1, -0.05) is 19.8 Å². The van der Waals surface area contributed by atoms with Gasteiger partial charge in [-0.05, 0) is 26.2 Å². The Kier molecular flexibility index (Phi) is 6.60. The van der Waals surface area contributed by atoms with Crippen LogP contribution >= 0.6 is 0 Å². The van der Waals surface area contributed by atoms with Crippen LogP contribution in [0.5, 0.6) is 0 Å². The molecule has 0 heterocycles. The fourth-order valence-electron chi connectivity index (χ4n) is 1.55. The van der Waals surface area contributed by atoms with E-state index in [9.17, 15) is 16.8 Å². The Morgan fingerprint density at radius 3 is 1.82 bits per heavy atom. The van der Waals surface area contributed by atoms with Crippen LogP contribution in [0.2, 0.25) is 0 Å². The minimum absolute atomic E-state index is 0.175. The van der Waals surface area contributed by atoms with Gasteiger partial charge in [0.15, 0.2) is 0 Å². The molecule has 0 aliphatic heterocycles. The fourth-order valence-corrected chi connectivity index (χ4v) is 3.01. The van der Waals surface area contributed by atoms with Crippen molar-refractivity contribution < 1.29 is 25.9 Å². The van der Waals surface area contributed by atoms with Crippen LogP contribution in [0, 0.1) is 0 Å². The topological polar surface area (TPSA) is 109 Å². The van der Waals surface area contributed by atoms with Gasteiger partial charge >= 0.3 is 0 Å². The quantitative estimate of drug-likeness (QED) is 0.655. The predicted molar refractivity (Wildman–Crippen MR) is 65.1 cm³/mol. The number of hydrogen-bond donors (Lipinski definition) is 2. The maximum absolute atomic E-state index is 11.0. The summed E-state index contributed by atoms with van der Waals surface area (Å²) in [6.45, 7) is 3.16. The van der Waals surface area contributed by atoms with Crippen LogP contribution in [-0.2, 0) is 20.2 Å². The molecular formula is C9H20O6S2. The van der Waals surface area contributed by atoms with Crippen LogP contribution in [0.25, 0.3) is 0 Å². The Balaban J connectivity index is 4.26. The van der Waals surface area contributed by atoms with Gasteiger partial charge < -0.3 is 0 Å². The minimum atomic E-state index is -4.07. The van der Waals surface area contributed by atoms with E-state index in [1.165, 1.54) is 6.92 Å². The maximum atomic E-state index is 11.0. The van der Waals surface area contributed by atoms with Gasteiger partial charge in [-0.2, -0.15) is 16.8 Å². The molecule has 0 saturated carbocycles. The summed E-state index contributed by atoms with van der Waals surface area (Å²) in [6, 6.07) is 0. The first-order valence-electron chi connectivity index (χ1n) is 5.51. The molecule has 0 bridgehead atoms. The molecule has 0 aliphatic carbocycles. The number of rotatable bonds is 8. The summed E-state index contributed by atoms with van der Waals surface area (Å²) < 4.78 is 61.1. The first-order valence-corrected chi connectivity index (χ1v) is 8.52. The Labute approximate surface area is 103 Å². The summed E-state index contributed by atoms with van der Waals surface area (Å²) in [5.41, 5.74) is 0. The Morgan fingerprint density at radius 1 is 0.941 bits per heavy atom. The molecule has 0 spiro atoms. The van der Waals surface area contributed by atoms with Crippen LogP contribution in [-0.4, -0.2) is 36.4 Å². The lowest BCUT2D eigenvalue weighted by molar-refractivity contribution is 0.445. The van der Waals surface area contributed by atoms with Crippen LogP contribution in [0.3, 0.4) is 0 Å². The second-order valence-corrected chi connectivity index (χ2v) is 7.71. The standard InChI is InChI=1S/C9H20O6S2/c1-3-5-9(17(13,14)15)7-4-6-8(2)16(10,11)12/h8-9H,3-7H2,1-2H3,(H,10,11,12)(H,13,14,15). The molecule has 2 atom stereocenters. The largest absolute Gasteiger partial charge is 0.285 e. The molecule has 17 heavy (non-hydrogen) atoms. The van der Waals surface area contributed by atoms with E-state index in [2.05, 4.69) is 0 Å². The normalized spacial score (nSPS) is 16.7. The highest BCUT2D eigenvalue weighted by molar-refractivity contribution is 7.86. The summed E-state index contributed by atoms with van der Waals surface area (Å²) in [7, 11) is -8.13. The molecule has 0 aromatic carbocycles. The van der Waals surface area contributed by atoms with Gasteiger partial charge in [0.1, 0.15) is 0 Å². The minimum Gasteiger partial charge on any atom is -0.285 e. The lowest BCUT2D eigenvalue weighted by Gasteiger charge is -2.13. The van der Waals surface area contributed by atoms with Crippen molar-refractivity contribution in [1.29, 1.82) is 0 Å². The van der Waals surface area contributed by atoms with Crippen molar-refractivity contribution in [1.82, 2.24) is 0 Å². The van der Waals surface area contributed by atoms with Crippen LogP contribution in [0.4, 0.5) is 0 Å². The van der Waals surface area contributed by atoms with Gasteiger partial charge in [-0.15, -0.1) is 0 Å². The van der Waals surface area contributed by atoms with Crippen molar-refractivity contribution in [3.63, 3.8) is 0 Å². The SMILES string of the molecule is CCCC(CCCC(C)S(=O)(=O)O)S(=O)(=O)O. The average Bonchev–Trinajstić information content (AvgIpc) is 2.13. The molecule has 0 radical (unpaired) electrons. The van der Waals surface area contributed by atoms with Crippen LogP contribution in [0.15, 0.2) is 0 Å². The zero-order valence-corrected chi connectivity index (χ0v) is 11.7. The molecule has 0 aliphatic rings. The van der Waals surface area contributed by atoms with E-state index in [0.29, 0.717) is 19.3 Å². The third-order valence-corrected chi connectivity index (χ3v) is 5.24. The zero-order chi connectivity index (χ0) is 13.7. The van der Waals surface area contributed by atoms with Gasteiger partial charge in [0.05, 0.1) is 10.5 Å². The van der Waals surface area contributed by atoms with Crippen molar-refractivity contribution in [2.24, 2.45) is 0 Å². The molecule has 6 nitrogen and oxygen atoms in total. The lowest BCUT2D eigenvalue weighted by Crippen LogP contribution is -2.22.